The Labute approximate surface area is 287 Å². The molecule has 234 valence electrons. The molecule has 10 aromatic rings. The Kier molecular flexibility index (Phi) is 6.46. The lowest BCUT2D eigenvalue weighted by molar-refractivity contribution is 0.669. The Morgan fingerprint density at radius 2 is 0.780 bits per heavy atom. The van der Waals surface area contributed by atoms with Gasteiger partial charge in [0.1, 0.15) is 22.3 Å². The summed E-state index contributed by atoms with van der Waals surface area (Å²) in [7, 11) is 0. The average Bonchev–Trinajstić information content (AvgIpc) is 3.77. The fourth-order valence-electron chi connectivity index (χ4n) is 7.17. The average molecular weight is 641 g/mol. The summed E-state index contributed by atoms with van der Waals surface area (Å²) in [6.45, 7) is 0. The first kappa shape index (κ1) is 28.3. The van der Waals surface area contributed by atoms with Crippen LogP contribution in [0, 0.1) is 0 Å². The minimum absolute atomic E-state index is 0.624. The van der Waals surface area contributed by atoms with E-state index >= 15 is 0 Å². The van der Waals surface area contributed by atoms with Gasteiger partial charge in [0.25, 0.3) is 0 Å². The van der Waals surface area contributed by atoms with Crippen molar-refractivity contribution < 1.29 is 8.83 Å². The maximum absolute atomic E-state index is 6.51. The fourth-order valence-corrected chi connectivity index (χ4v) is 7.17. The summed E-state index contributed by atoms with van der Waals surface area (Å²) in [5, 5.41) is 4.26. The number of hydrogen-bond acceptors (Lipinski definition) is 4. The lowest BCUT2D eigenvalue weighted by atomic mass is 9.95. The summed E-state index contributed by atoms with van der Waals surface area (Å²) in [6, 6.07) is 58.4. The van der Waals surface area contributed by atoms with Crippen LogP contribution in [0.1, 0.15) is 0 Å². The molecular weight excluding hydrogens is 613 g/mol. The molecule has 3 aromatic heterocycles. The molecule has 4 heteroatoms. The van der Waals surface area contributed by atoms with Crippen LogP contribution in [0.15, 0.2) is 179 Å². The molecule has 7 aromatic carbocycles. The second-order valence-electron chi connectivity index (χ2n) is 12.5. The molecule has 0 atom stereocenters. The second-order valence-corrected chi connectivity index (χ2v) is 12.5. The minimum atomic E-state index is 0.624. The lowest BCUT2D eigenvalue weighted by Crippen LogP contribution is -1.98. The molecule has 3 heterocycles. The van der Waals surface area contributed by atoms with Gasteiger partial charge in [0.15, 0.2) is 5.82 Å². The monoisotopic (exact) mass is 640 g/mol. The summed E-state index contributed by atoms with van der Waals surface area (Å²) in [5.41, 5.74) is 12.1. The summed E-state index contributed by atoms with van der Waals surface area (Å²) < 4.78 is 13.0. The van der Waals surface area contributed by atoms with Crippen LogP contribution in [0.4, 0.5) is 0 Å². The third kappa shape index (κ3) is 4.61. The number of furan rings is 2. The van der Waals surface area contributed by atoms with E-state index in [4.69, 9.17) is 18.8 Å². The molecule has 0 aliphatic rings. The van der Waals surface area contributed by atoms with Crippen LogP contribution in [0.25, 0.3) is 100 Å². The number of para-hydroxylation sites is 4. The van der Waals surface area contributed by atoms with Crippen LogP contribution in [-0.2, 0) is 0 Å². The molecule has 0 aliphatic carbocycles. The van der Waals surface area contributed by atoms with E-state index in [2.05, 4.69) is 127 Å². The van der Waals surface area contributed by atoms with Gasteiger partial charge in [0.05, 0.1) is 11.4 Å². The van der Waals surface area contributed by atoms with Crippen LogP contribution in [0.2, 0.25) is 0 Å². The third-order valence-corrected chi connectivity index (χ3v) is 9.54. The van der Waals surface area contributed by atoms with Crippen molar-refractivity contribution in [1.82, 2.24) is 9.97 Å². The van der Waals surface area contributed by atoms with Gasteiger partial charge in [-0.25, -0.2) is 9.97 Å². The van der Waals surface area contributed by atoms with E-state index in [0.717, 1.165) is 88.6 Å². The lowest BCUT2D eigenvalue weighted by Gasteiger charge is -2.14. The predicted molar refractivity (Wildman–Crippen MR) is 204 cm³/mol. The zero-order valence-electron chi connectivity index (χ0n) is 26.9. The SMILES string of the molecule is c1ccc(-c2cccc(-c3ccccc3-c3nc(-c4cccc5c4oc4ccccc45)cc(-c4cccc5c4oc4ccccc45)n3)c2)cc1. The molecule has 0 aliphatic heterocycles. The smallest absolute Gasteiger partial charge is 0.161 e. The first-order chi connectivity index (χ1) is 24.8. The van der Waals surface area contributed by atoms with Gasteiger partial charge in [0.2, 0.25) is 0 Å². The Morgan fingerprint density at radius 3 is 1.42 bits per heavy atom. The standard InChI is InChI=1S/C46H28N2O2/c1-2-13-29(14-3-1)30-15-10-16-31(27-30)32-17-4-5-20-37(32)46-47-40(38-23-11-21-35-33-18-6-8-25-42(33)49-44(35)38)28-41(48-46)39-24-12-22-36-34-19-7-9-26-43(34)50-45(36)39/h1-28H. The van der Waals surface area contributed by atoms with Gasteiger partial charge >= 0.3 is 0 Å². The maximum Gasteiger partial charge on any atom is 0.161 e. The van der Waals surface area contributed by atoms with Crippen molar-refractivity contribution in [2.75, 3.05) is 0 Å². The van der Waals surface area contributed by atoms with Gasteiger partial charge in [-0.15, -0.1) is 0 Å². The maximum atomic E-state index is 6.51. The normalized spacial score (nSPS) is 11.6. The van der Waals surface area contributed by atoms with Crippen LogP contribution in [-0.4, -0.2) is 9.97 Å². The van der Waals surface area contributed by atoms with Gasteiger partial charge < -0.3 is 8.83 Å². The van der Waals surface area contributed by atoms with Gasteiger partial charge in [-0.05, 0) is 58.7 Å². The summed E-state index contributed by atoms with van der Waals surface area (Å²) in [6.07, 6.45) is 0. The zero-order valence-corrected chi connectivity index (χ0v) is 26.9. The van der Waals surface area contributed by atoms with Crippen molar-refractivity contribution in [3.05, 3.63) is 170 Å². The highest BCUT2D eigenvalue weighted by molar-refractivity contribution is 6.11. The van der Waals surface area contributed by atoms with Gasteiger partial charge in [-0.2, -0.15) is 0 Å². The van der Waals surface area contributed by atoms with E-state index in [1.165, 1.54) is 5.56 Å². The number of aromatic nitrogens is 2. The predicted octanol–water partition coefficient (Wildman–Crippen LogP) is 12.6. The number of benzene rings is 7. The highest BCUT2D eigenvalue weighted by Gasteiger charge is 2.20. The number of fused-ring (bicyclic) bond motifs is 6. The molecule has 0 N–H and O–H groups in total. The van der Waals surface area contributed by atoms with Crippen molar-refractivity contribution in [3.63, 3.8) is 0 Å². The number of nitrogens with zero attached hydrogens (tertiary/aromatic N) is 2. The molecule has 0 unspecified atom stereocenters. The Balaban J connectivity index is 1.23. The zero-order chi connectivity index (χ0) is 33.0. The Morgan fingerprint density at radius 1 is 0.320 bits per heavy atom. The molecule has 0 spiro atoms. The molecule has 4 nitrogen and oxygen atoms in total. The second kappa shape index (κ2) is 11.4. The number of hydrogen-bond donors (Lipinski definition) is 0. The van der Waals surface area contributed by atoms with Crippen molar-refractivity contribution in [2.45, 2.75) is 0 Å². The molecular formula is C46H28N2O2. The van der Waals surface area contributed by atoms with Gasteiger partial charge in [-0.3, -0.25) is 0 Å². The van der Waals surface area contributed by atoms with Crippen molar-refractivity contribution >= 4 is 43.9 Å². The molecule has 0 fully saturated rings. The van der Waals surface area contributed by atoms with Gasteiger partial charge in [0, 0.05) is 38.2 Å². The topological polar surface area (TPSA) is 52.1 Å². The largest absolute Gasteiger partial charge is 0.455 e. The molecule has 0 amide bonds. The van der Waals surface area contributed by atoms with Crippen LogP contribution in [0.3, 0.4) is 0 Å². The fraction of sp³-hybridized carbons (Fsp3) is 0. The van der Waals surface area contributed by atoms with E-state index in [1.54, 1.807) is 0 Å². The Hall–Kier alpha value is -6.78. The van der Waals surface area contributed by atoms with Gasteiger partial charge in [-0.1, -0.05) is 133 Å². The quantitative estimate of drug-likeness (QED) is 0.188. The number of rotatable bonds is 5. The van der Waals surface area contributed by atoms with Crippen molar-refractivity contribution in [1.29, 1.82) is 0 Å². The third-order valence-electron chi connectivity index (χ3n) is 9.54. The first-order valence-corrected chi connectivity index (χ1v) is 16.7. The minimum Gasteiger partial charge on any atom is -0.455 e. The van der Waals surface area contributed by atoms with E-state index in [0.29, 0.717) is 5.82 Å². The Bertz CT molecular complexity index is 2750. The highest BCUT2D eigenvalue weighted by atomic mass is 16.3. The van der Waals surface area contributed by atoms with Crippen molar-refractivity contribution in [2.24, 2.45) is 0 Å². The summed E-state index contributed by atoms with van der Waals surface area (Å²) >= 11 is 0. The molecule has 0 saturated carbocycles. The van der Waals surface area contributed by atoms with Crippen LogP contribution in [0.5, 0.6) is 0 Å². The molecule has 0 radical (unpaired) electrons. The van der Waals surface area contributed by atoms with E-state index in [9.17, 15) is 0 Å². The highest BCUT2D eigenvalue weighted by Crippen LogP contribution is 2.41. The van der Waals surface area contributed by atoms with E-state index in [1.807, 2.05) is 42.5 Å². The van der Waals surface area contributed by atoms with Crippen molar-refractivity contribution in [3.8, 4) is 56.2 Å². The molecule has 50 heavy (non-hydrogen) atoms. The van der Waals surface area contributed by atoms with E-state index < -0.39 is 0 Å². The van der Waals surface area contributed by atoms with Crippen LogP contribution >= 0.6 is 0 Å². The first-order valence-electron chi connectivity index (χ1n) is 16.7. The molecule has 0 bridgehead atoms. The van der Waals surface area contributed by atoms with E-state index in [-0.39, 0.29) is 0 Å². The summed E-state index contributed by atoms with van der Waals surface area (Å²) in [4.78, 5) is 10.6. The summed E-state index contributed by atoms with van der Waals surface area (Å²) in [5.74, 6) is 0.624. The molecule has 10 rings (SSSR count). The molecule has 0 saturated heterocycles. The van der Waals surface area contributed by atoms with Crippen LogP contribution < -0.4 is 0 Å².